The van der Waals surface area contributed by atoms with Crippen molar-refractivity contribution >= 4 is 37.5 Å². The highest BCUT2D eigenvalue weighted by Crippen LogP contribution is 2.19. The highest BCUT2D eigenvalue weighted by molar-refractivity contribution is 9.10. The number of benzene rings is 1. The molecule has 0 spiro atoms. The summed E-state index contributed by atoms with van der Waals surface area (Å²) in [5.41, 5.74) is 0.178. The molecule has 1 amide bonds. The van der Waals surface area contributed by atoms with Gasteiger partial charge < -0.3 is 14.8 Å². The van der Waals surface area contributed by atoms with E-state index in [4.69, 9.17) is 0 Å². The summed E-state index contributed by atoms with van der Waals surface area (Å²) in [6, 6.07) is 9.03. The molecular formula is C18H21BrN4O4S. The first-order valence-electron chi connectivity index (χ1n) is 8.70. The van der Waals surface area contributed by atoms with E-state index in [0.717, 1.165) is 0 Å². The van der Waals surface area contributed by atoms with Crippen molar-refractivity contribution in [3.63, 3.8) is 0 Å². The number of nitrogens with one attached hydrogen (secondary N) is 1. The summed E-state index contributed by atoms with van der Waals surface area (Å²) in [6.45, 7) is 2.17. The predicted molar refractivity (Wildman–Crippen MR) is 110 cm³/mol. The van der Waals surface area contributed by atoms with E-state index in [1.807, 2.05) is 7.05 Å². The maximum Gasteiger partial charge on any atom is 0.251 e. The van der Waals surface area contributed by atoms with E-state index in [1.165, 1.54) is 33.3 Å². The lowest BCUT2D eigenvalue weighted by Gasteiger charge is -2.31. The molecule has 150 valence electrons. The Morgan fingerprint density at radius 2 is 1.71 bits per heavy atom. The van der Waals surface area contributed by atoms with Gasteiger partial charge in [0.2, 0.25) is 15.9 Å². The third kappa shape index (κ3) is 4.88. The van der Waals surface area contributed by atoms with E-state index in [2.05, 4.69) is 26.1 Å². The van der Waals surface area contributed by atoms with Crippen molar-refractivity contribution in [3.05, 3.63) is 57.4 Å². The van der Waals surface area contributed by atoms with Gasteiger partial charge in [-0.25, -0.2) is 8.42 Å². The van der Waals surface area contributed by atoms with Gasteiger partial charge in [-0.1, -0.05) is 0 Å². The average Bonchev–Trinajstić information content (AvgIpc) is 2.65. The summed E-state index contributed by atoms with van der Waals surface area (Å²) in [6.07, 6.45) is 1.54. The summed E-state index contributed by atoms with van der Waals surface area (Å²) in [7, 11) is -1.58. The van der Waals surface area contributed by atoms with E-state index in [1.54, 1.807) is 18.2 Å². The van der Waals surface area contributed by atoms with E-state index in [-0.39, 0.29) is 22.9 Å². The summed E-state index contributed by atoms with van der Waals surface area (Å²) in [5, 5.41) is 2.67. The van der Waals surface area contributed by atoms with Gasteiger partial charge in [-0.15, -0.1) is 0 Å². The number of sulfonamides is 1. The van der Waals surface area contributed by atoms with Gasteiger partial charge in [-0.3, -0.25) is 9.59 Å². The number of rotatable bonds is 5. The van der Waals surface area contributed by atoms with E-state index in [9.17, 15) is 18.0 Å². The fourth-order valence-electron chi connectivity index (χ4n) is 2.87. The van der Waals surface area contributed by atoms with Crippen LogP contribution in [0, 0.1) is 0 Å². The number of anilines is 1. The molecule has 1 fully saturated rings. The largest absolute Gasteiger partial charge is 0.325 e. The summed E-state index contributed by atoms with van der Waals surface area (Å²) < 4.78 is 28.9. The van der Waals surface area contributed by atoms with Crippen LogP contribution in [0.5, 0.6) is 0 Å². The minimum atomic E-state index is -3.55. The number of aromatic nitrogens is 1. The molecule has 2 aromatic rings. The monoisotopic (exact) mass is 468 g/mol. The Bertz CT molecular complexity index is 1010. The standard InChI is InChI=1S/C18H21BrN4O4S/c1-21-8-10-23(11-9-21)28(26,27)16-5-3-15(4-6-16)20-17(24)13-22-12-14(19)2-7-18(22)25/h2-7,12H,8-11,13H2,1H3,(H,20,24). The molecule has 3 rings (SSSR count). The number of carbonyl (C=O) groups is 1. The van der Waals surface area contributed by atoms with Crippen LogP contribution in [0.25, 0.3) is 0 Å². The fraction of sp³-hybridized carbons (Fsp3) is 0.333. The number of carbonyl (C=O) groups excluding carboxylic acids is 1. The second-order valence-electron chi connectivity index (χ2n) is 6.59. The summed E-state index contributed by atoms with van der Waals surface area (Å²) >= 11 is 3.26. The zero-order chi connectivity index (χ0) is 20.3. The van der Waals surface area contributed by atoms with Crippen LogP contribution in [0.15, 0.2) is 56.8 Å². The van der Waals surface area contributed by atoms with Crippen LogP contribution in [-0.4, -0.2) is 61.3 Å². The third-order valence-corrected chi connectivity index (χ3v) is 6.88. The lowest BCUT2D eigenvalue weighted by atomic mass is 10.3. The lowest BCUT2D eigenvalue weighted by molar-refractivity contribution is -0.116. The first kappa shape index (κ1) is 20.7. The summed E-state index contributed by atoms with van der Waals surface area (Å²) in [5.74, 6) is -0.380. The van der Waals surface area contributed by atoms with Crippen LogP contribution >= 0.6 is 15.9 Å². The van der Waals surface area contributed by atoms with Crippen LogP contribution in [0.1, 0.15) is 0 Å². The minimum Gasteiger partial charge on any atom is -0.325 e. The topological polar surface area (TPSA) is 91.7 Å². The molecule has 0 unspecified atom stereocenters. The van der Waals surface area contributed by atoms with Crippen LogP contribution in [0.2, 0.25) is 0 Å². The molecule has 1 N–H and O–H groups in total. The molecule has 0 aliphatic carbocycles. The SMILES string of the molecule is CN1CCN(S(=O)(=O)c2ccc(NC(=O)Cn3cc(Br)ccc3=O)cc2)CC1. The molecule has 0 atom stereocenters. The molecule has 10 heteroatoms. The molecule has 1 saturated heterocycles. The van der Waals surface area contributed by atoms with Crippen molar-refractivity contribution in [2.45, 2.75) is 11.4 Å². The number of likely N-dealkylation sites (N-methyl/N-ethyl adjacent to an activating group) is 1. The molecule has 0 saturated carbocycles. The van der Waals surface area contributed by atoms with Gasteiger partial charge in [0.25, 0.3) is 5.56 Å². The zero-order valence-electron chi connectivity index (χ0n) is 15.3. The first-order chi connectivity index (χ1) is 13.3. The van der Waals surface area contributed by atoms with Crippen LogP contribution in [-0.2, 0) is 21.4 Å². The van der Waals surface area contributed by atoms with E-state index in [0.29, 0.717) is 36.3 Å². The maximum atomic E-state index is 12.7. The number of amides is 1. The Balaban J connectivity index is 1.66. The van der Waals surface area contributed by atoms with E-state index >= 15 is 0 Å². The Morgan fingerprint density at radius 1 is 1.07 bits per heavy atom. The normalized spacial score (nSPS) is 16.1. The first-order valence-corrected chi connectivity index (χ1v) is 10.9. The average molecular weight is 469 g/mol. The zero-order valence-corrected chi connectivity index (χ0v) is 17.7. The van der Waals surface area contributed by atoms with Crippen molar-refractivity contribution in [3.8, 4) is 0 Å². The van der Waals surface area contributed by atoms with Gasteiger partial charge in [-0.05, 0) is 53.3 Å². The van der Waals surface area contributed by atoms with Crippen molar-refractivity contribution in [2.75, 3.05) is 38.5 Å². The van der Waals surface area contributed by atoms with Gasteiger partial charge in [0.15, 0.2) is 0 Å². The fourth-order valence-corrected chi connectivity index (χ4v) is 4.67. The van der Waals surface area contributed by atoms with Crippen molar-refractivity contribution in [2.24, 2.45) is 0 Å². The molecule has 1 aliphatic heterocycles. The number of hydrogen-bond acceptors (Lipinski definition) is 5. The van der Waals surface area contributed by atoms with E-state index < -0.39 is 10.0 Å². The highest BCUT2D eigenvalue weighted by atomic mass is 79.9. The minimum absolute atomic E-state index is 0.139. The molecule has 1 aromatic carbocycles. The molecule has 28 heavy (non-hydrogen) atoms. The van der Waals surface area contributed by atoms with Crippen LogP contribution in [0.4, 0.5) is 5.69 Å². The van der Waals surface area contributed by atoms with Crippen LogP contribution in [0.3, 0.4) is 0 Å². The highest BCUT2D eigenvalue weighted by Gasteiger charge is 2.27. The van der Waals surface area contributed by atoms with Crippen molar-refractivity contribution in [1.29, 1.82) is 0 Å². The molecule has 1 aliphatic rings. The van der Waals surface area contributed by atoms with Gasteiger partial charge >= 0.3 is 0 Å². The second kappa shape index (κ2) is 8.56. The Kier molecular flexibility index (Phi) is 6.33. The predicted octanol–water partition coefficient (Wildman–Crippen LogP) is 1.19. The van der Waals surface area contributed by atoms with Gasteiger partial charge in [-0.2, -0.15) is 4.31 Å². The third-order valence-electron chi connectivity index (χ3n) is 4.50. The number of piperazine rings is 1. The number of pyridine rings is 1. The van der Waals surface area contributed by atoms with Gasteiger partial charge in [0.1, 0.15) is 6.54 Å². The van der Waals surface area contributed by atoms with Gasteiger partial charge in [0, 0.05) is 48.6 Å². The smallest absolute Gasteiger partial charge is 0.251 e. The molecule has 8 nitrogen and oxygen atoms in total. The second-order valence-corrected chi connectivity index (χ2v) is 9.45. The Morgan fingerprint density at radius 3 is 2.36 bits per heavy atom. The van der Waals surface area contributed by atoms with Crippen molar-refractivity contribution < 1.29 is 13.2 Å². The number of hydrogen-bond donors (Lipinski definition) is 1. The van der Waals surface area contributed by atoms with Crippen LogP contribution < -0.4 is 10.9 Å². The van der Waals surface area contributed by atoms with Crippen molar-refractivity contribution in [1.82, 2.24) is 13.8 Å². The molecule has 0 radical (unpaired) electrons. The Labute approximate surface area is 171 Å². The quantitative estimate of drug-likeness (QED) is 0.711. The Hall–Kier alpha value is -2.01. The number of halogens is 1. The summed E-state index contributed by atoms with van der Waals surface area (Å²) in [4.78, 5) is 26.2. The lowest BCUT2D eigenvalue weighted by Crippen LogP contribution is -2.46. The maximum absolute atomic E-state index is 12.7. The molecule has 2 heterocycles. The molecule has 0 bridgehead atoms. The number of nitrogens with zero attached hydrogens (tertiary/aromatic N) is 3. The van der Waals surface area contributed by atoms with Gasteiger partial charge in [0.05, 0.1) is 4.90 Å². The molecular weight excluding hydrogens is 448 g/mol. The molecule has 1 aromatic heterocycles.